The van der Waals surface area contributed by atoms with Gasteiger partial charge in [-0.15, -0.1) is 0 Å². The molecule has 1 aromatic carbocycles. The van der Waals surface area contributed by atoms with E-state index in [1.54, 1.807) is 7.11 Å². The van der Waals surface area contributed by atoms with Crippen molar-refractivity contribution >= 4 is 0 Å². The van der Waals surface area contributed by atoms with E-state index in [4.69, 9.17) is 10.5 Å². The molecule has 102 valence electrons. The van der Waals surface area contributed by atoms with Crippen LogP contribution >= 0.6 is 0 Å². The molecule has 1 unspecified atom stereocenters. The Bertz CT molecular complexity index is 374. The zero-order valence-corrected chi connectivity index (χ0v) is 12.4. The SMILES string of the molecule is CCC(CC)(OC)C(N)Cc1cc(C)ccc1C. The van der Waals surface area contributed by atoms with E-state index in [1.807, 2.05) is 0 Å². The highest BCUT2D eigenvalue weighted by Crippen LogP contribution is 2.26. The molecule has 2 heteroatoms. The lowest BCUT2D eigenvalue weighted by Crippen LogP contribution is -2.50. The Balaban J connectivity index is 2.92. The Morgan fingerprint density at radius 3 is 2.33 bits per heavy atom. The van der Waals surface area contributed by atoms with E-state index < -0.39 is 0 Å². The first-order valence-electron chi connectivity index (χ1n) is 6.86. The van der Waals surface area contributed by atoms with E-state index in [0.29, 0.717) is 0 Å². The molecule has 2 N–H and O–H groups in total. The highest BCUT2D eigenvalue weighted by atomic mass is 16.5. The Morgan fingerprint density at radius 2 is 1.83 bits per heavy atom. The van der Waals surface area contributed by atoms with Crippen LogP contribution in [0.5, 0.6) is 0 Å². The standard InChI is InChI=1S/C16H27NO/c1-6-16(7-2,18-5)15(17)11-14-10-12(3)8-9-13(14)4/h8-10,15H,6-7,11,17H2,1-5H3. The fourth-order valence-electron chi connectivity index (χ4n) is 2.66. The number of aryl methyl sites for hydroxylation is 2. The van der Waals surface area contributed by atoms with Crippen LogP contribution in [0, 0.1) is 13.8 Å². The lowest BCUT2D eigenvalue weighted by atomic mass is 9.84. The van der Waals surface area contributed by atoms with E-state index in [9.17, 15) is 0 Å². The highest BCUT2D eigenvalue weighted by molar-refractivity contribution is 5.31. The van der Waals surface area contributed by atoms with Crippen molar-refractivity contribution in [3.63, 3.8) is 0 Å². The van der Waals surface area contributed by atoms with Crippen LogP contribution in [-0.4, -0.2) is 18.8 Å². The van der Waals surface area contributed by atoms with Gasteiger partial charge in [0.05, 0.1) is 5.60 Å². The van der Waals surface area contributed by atoms with Gasteiger partial charge in [0.1, 0.15) is 0 Å². The van der Waals surface area contributed by atoms with Crippen LogP contribution < -0.4 is 5.73 Å². The van der Waals surface area contributed by atoms with Gasteiger partial charge in [-0.1, -0.05) is 37.6 Å². The molecule has 0 radical (unpaired) electrons. The average Bonchev–Trinajstić information content (AvgIpc) is 2.37. The van der Waals surface area contributed by atoms with Crippen LogP contribution in [-0.2, 0) is 11.2 Å². The van der Waals surface area contributed by atoms with E-state index in [-0.39, 0.29) is 11.6 Å². The zero-order chi connectivity index (χ0) is 13.8. The van der Waals surface area contributed by atoms with Crippen molar-refractivity contribution in [3.05, 3.63) is 34.9 Å². The molecule has 0 saturated heterocycles. The fraction of sp³-hybridized carbons (Fsp3) is 0.625. The fourth-order valence-corrected chi connectivity index (χ4v) is 2.66. The summed E-state index contributed by atoms with van der Waals surface area (Å²) in [5, 5.41) is 0. The molecule has 0 saturated carbocycles. The number of hydrogen-bond acceptors (Lipinski definition) is 2. The van der Waals surface area contributed by atoms with Crippen molar-refractivity contribution < 1.29 is 4.74 Å². The Kier molecular flexibility index (Phi) is 5.36. The summed E-state index contributed by atoms with van der Waals surface area (Å²) < 4.78 is 5.72. The normalized spacial score (nSPS) is 13.7. The van der Waals surface area contributed by atoms with Gasteiger partial charge < -0.3 is 10.5 Å². The van der Waals surface area contributed by atoms with E-state index in [2.05, 4.69) is 45.9 Å². The van der Waals surface area contributed by atoms with Crippen LogP contribution in [0.2, 0.25) is 0 Å². The molecule has 0 aliphatic carbocycles. The van der Waals surface area contributed by atoms with Crippen molar-refractivity contribution in [1.29, 1.82) is 0 Å². The average molecular weight is 249 g/mol. The van der Waals surface area contributed by atoms with Crippen molar-refractivity contribution in [1.82, 2.24) is 0 Å². The monoisotopic (exact) mass is 249 g/mol. The van der Waals surface area contributed by atoms with Gasteiger partial charge in [-0.2, -0.15) is 0 Å². The Labute approximate surface area is 112 Å². The van der Waals surface area contributed by atoms with Gasteiger partial charge in [0.25, 0.3) is 0 Å². The molecule has 0 bridgehead atoms. The molecule has 2 nitrogen and oxygen atoms in total. The van der Waals surface area contributed by atoms with Gasteiger partial charge in [-0.3, -0.25) is 0 Å². The molecule has 0 aromatic heterocycles. The van der Waals surface area contributed by atoms with Crippen LogP contribution in [0.25, 0.3) is 0 Å². The molecule has 0 heterocycles. The predicted molar refractivity (Wildman–Crippen MR) is 77.9 cm³/mol. The second-order valence-electron chi connectivity index (χ2n) is 5.22. The van der Waals surface area contributed by atoms with Crippen molar-refractivity contribution in [3.8, 4) is 0 Å². The van der Waals surface area contributed by atoms with Crippen LogP contribution in [0.15, 0.2) is 18.2 Å². The van der Waals surface area contributed by atoms with Crippen molar-refractivity contribution in [2.24, 2.45) is 5.73 Å². The maximum Gasteiger partial charge on any atom is 0.0826 e. The smallest absolute Gasteiger partial charge is 0.0826 e. The lowest BCUT2D eigenvalue weighted by molar-refractivity contribution is -0.0374. The number of rotatable bonds is 6. The first kappa shape index (κ1) is 15.2. The molecular weight excluding hydrogens is 222 g/mol. The van der Waals surface area contributed by atoms with Gasteiger partial charge >= 0.3 is 0 Å². The summed E-state index contributed by atoms with van der Waals surface area (Å²) in [6.07, 6.45) is 2.78. The van der Waals surface area contributed by atoms with Gasteiger partial charge in [-0.05, 0) is 44.2 Å². The molecule has 1 atom stereocenters. The molecule has 0 aliphatic heterocycles. The molecule has 1 aromatic rings. The summed E-state index contributed by atoms with van der Waals surface area (Å²) in [5.41, 5.74) is 10.2. The van der Waals surface area contributed by atoms with Gasteiger partial charge in [0.2, 0.25) is 0 Å². The molecule has 0 aliphatic rings. The molecule has 1 rings (SSSR count). The third kappa shape index (κ3) is 3.12. The molecule has 18 heavy (non-hydrogen) atoms. The first-order valence-corrected chi connectivity index (χ1v) is 6.86. The Morgan fingerprint density at radius 1 is 1.22 bits per heavy atom. The Hall–Kier alpha value is -0.860. The highest BCUT2D eigenvalue weighted by Gasteiger charge is 2.33. The van der Waals surface area contributed by atoms with Gasteiger partial charge in [0.15, 0.2) is 0 Å². The molecular formula is C16H27NO. The van der Waals surface area contributed by atoms with E-state index in [1.165, 1.54) is 16.7 Å². The number of benzene rings is 1. The summed E-state index contributed by atoms with van der Waals surface area (Å²) in [7, 11) is 1.77. The van der Waals surface area contributed by atoms with Gasteiger partial charge in [0, 0.05) is 13.2 Å². The van der Waals surface area contributed by atoms with Crippen molar-refractivity contribution in [2.45, 2.75) is 58.6 Å². The number of nitrogens with two attached hydrogens (primary N) is 1. The lowest BCUT2D eigenvalue weighted by Gasteiger charge is -2.36. The topological polar surface area (TPSA) is 35.2 Å². The quantitative estimate of drug-likeness (QED) is 0.839. The minimum atomic E-state index is -0.198. The van der Waals surface area contributed by atoms with E-state index >= 15 is 0 Å². The second kappa shape index (κ2) is 6.35. The minimum Gasteiger partial charge on any atom is -0.377 e. The number of hydrogen-bond donors (Lipinski definition) is 1. The third-order valence-electron chi connectivity index (χ3n) is 4.22. The maximum atomic E-state index is 6.41. The molecule has 0 amide bonds. The largest absolute Gasteiger partial charge is 0.377 e. The maximum absolute atomic E-state index is 6.41. The number of ether oxygens (including phenoxy) is 1. The van der Waals surface area contributed by atoms with Crippen LogP contribution in [0.4, 0.5) is 0 Å². The third-order valence-corrected chi connectivity index (χ3v) is 4.22. The zero-order valence-electron chi connectivity index (χ0n) is 12.4. The van der Waals surface area contributed by atoms with Crippen molar-refractivity contribution in [2.75, 3.05) is 7.11 Å². The summed E-state index contributed by atoms with van der Waals surface area (Å²) in [4.78, 5) is 0. The minimum absolute atomic E-state index is 0.0398. The summed E-state index contributed by atoms with van der Waals surface area (Å²) in [6.45, 7) is 8.57. The second-order valence-corrected chi connectivity index (χ2v) is 5.22. The number of methoxy groups -OCH3 is 1. The predicted octanol–water partition coefficient (Wildman–Crippen LogP) is 3.38. The summed E-state index contributed by atoms with van der Waals surface area (Å²) in [6, 6.07) is 6.59. The molecule has 0 spiro atoms. The first-order chi connectivity index (χ1) is 8.49. The van der Waals surface area contributed by atoms with Crippen LogP contribution in [0.3, 0.4) is 0 Å². The van der Waals surface area contributed by atoms with E-state index in [0.717, 1.165) is 19.3 Å². The molecule has 0 fully saturated rings. The van der Waals surface area contributed by atoms with Crippen LogP contribution in [0.1, 0.15) is 43.4 Å². The summed E-state index contributed by atoms with van der Waals surface area (Å²) >= 11 is 0. The summed E-state index contributed by atoms with van der Waals surface area (Å²) in [5.74, 6) is 0. The van der Waals surface area contributed by atoms with Gasteiger partial charge in [-0.25, -0.2) is 0 Å².